The van der Waals surface area contributed by atoms with Crippen LogP contribution in [0.2, 0.25) is 0 Å². The Bertz CT molecular complexity index is 720. The van der Waals surface area contributed by atoms with Gasteiger partial charge in [-0.1, -0.05) is 43.3 Å². The number of hydrogen-bond donors (Lipinski definition) is 1. The zero-order chi connectivity index (χ0) is 13.9. The van der Waals surface area contributed by atoms with E-state index in [-0.39, 0.29) is 0 Å². The molecule has 0 aliphatic rings. The second kappa shape index (κ2) is 5.38. The molecule has 0 bridgehead atoms. The molecular weight excluding hydrogens is 252 g/mol. The average Bonchev–Trinajstić information content (AvgIpc) is 2.93. The normalized spacial score (nSPS) is 11.3. The summed E-state index contributed by atoms with van der Waals surface area (Å²) in [5.41, 5.74) is 1.65. The maximum atomic E-state index is 5.22. The Morgan fingerprint density at radius 1 is 1.10 bits per heavy atom. The third kappa shape index (κ3) is 2.67. The number of nitrogens with one attached hydrogen (secondary N) is 1. The Morgan fingerprint density at radius 3 is 2.80 bits per heavy atom. The Labute approximate surface area is 117 Å². The van der Waals surface area contributed by atoms with Gasteiger partial charge in [-0.05, 0) is 12.1 Å². The van der Waals surface area contributed by atoms with E-state index in [0.717, 1.165) is 16.6 Å². The Hall–Kier alpha value is -2.27. The summed E-state index contributed by atoms with van der Waals surface area (Å²) < 4.78 is 5.22. The number of para-hydroxylation sites is 1. The van der Waals surface area contributed by atoms with Gasteiger partial charge in [0.05, 0.1) is 12.1 Å². The van der Waals surface area contributed by atoms with Crippen LogP contribution < -0.4 is 5.32 Å². The molecule has 1 aromatic carbocycles. The lowest BCUT2D eigenvalue weighted by molar-refractivity contribution is 0.362. The van der Waals surface area contributed by atoms with Gasteiger partial charge in [0.25, 0.3) is 0 Å². The molecule has 0 saturated heterocycles. The van der Waals surface area contributed by atoms with Crippen LogP contribution in [0.15, 0.2) is 40.9 Å². The quantitative estimate of drug-likeness (QED) is 0.788. The van der Waals surface area contributed by atoms with Crippen LogP contribution in [-0.2, 0) is 6.54 Å². The second-order valence-electron chi connectivity index (χ2n) is 4.94. The van der Waals surface area contributed by atoms with Gasteiger partial charge in [-0.25, -0.2) is 4.98 Å². The first-order valence-corrected chi connectivity index (χ1v) is 6.64. The molecular formula is C15H16N4O. The topological polar surface area (TPSA) is 63.8 Å². The Morgan fingerprint density at radius 2 is 1.95 bits per heavy atom. The molecule has 20 heavy (non-hydrogen) atoms. The van der Waals surface area contributed by atoms with Crippen molar-refractivity contribution in [3.05, 3.63) is 42.3 Å². The van der Waals surface area contributed by atoms with Crippen LogP contribution in [0.3, 0.4) is 0 Å². The molecule has 0 unspecified atom stereocenters. The number of rotatable bonds is 4. The summed E-state index contributed by atoms with van der Waals surface area (Å²) >= 11 is 0. The van der Waals surface area contributed by atoms with Crippen molar-refractivity contribution in [3.8, 4) is 11.5 Å². The van der Waals surface area contributed by atoms with Gasteiger partial charge in [0.2, 0.25) is 11.7 Å². The van der Waals surface area contributed by atoms with Crippen LogP contribution >= 0.6 is 0 Å². The molecule has 102 valence electrons. The first-order valence-electron chi connectivity index (χ1n) is 6.64. The van der Waals surface area contributed by atoms with Gasteiger partial charge in [-0.3, -0.25) is 0 Å². The van der Waals surface area contributed by atoms with Gasteiger partial charge in [-0.15, -0.1) is 0 Å². The SMILES string of the molecule is CC(C)NCc1nc(-c2ccc3ccccc3n2)no1. The van der Waals surface area contributed by atoms with Crippen molar-refractivity contribution in [1.29, 1.82) is 0 Å². The molecule has 5 heteroatoms. The van der Waals surface area contributed by atoms with E-state index in [4.69, 9.17) is 4.52 Å². The summed E-state index contributed by atoms with van der Waals surface area (Å²) in [6, 6.07) is 12.3. The molecule has 1 N–H and O–H groups in total. The van der Waals surface area contributed by atoms with Crippen molar-refractivity contribution in [2.75, 3.05) is 0 Å². The standard InChI is InChI=1S/C15H16N4O/c1-10(2)16-9-14-18-15(19-20-14)13-8-7-11-5-3-4-6-12(11)17-13/h3-8,10,16H,9H2,1-2H3. The van der Waals surface area contributed by atoms with E-state index in [0.29, 0.717) is 24.3 Å². The molecule has 0 saturated carbocycles. The summed E-state index contributed by atoms with van der Waals surface area (Å²) in [6.45, 7) is 4.71. The number of hydrogen-bond acceptors (Lipinski definition) is 5. The number of benzene rings is 1. The molecule has 0 aliphatic carbocycles. The summed E-state index contributed by atoms with van der Waals surface area (Å²) in [6.07, 6.45) is 0. The van der Waals surface area contributed by atoms with E-state index in [2.05, 4.69) is 34.3 Å². The lowest BCUT2D eigenvalue weighted by Gasteiger charge is -2.02. The van der Waals surface area contributed by atoms with Gasteiger partial charge in [0, 0.05) is 11.4 Å². The van der Waals surface area contributed by atoms with Crippen LogP contribution in [0, 0.1) is 0 Å². The van der Waals surface area contributed by atoms with Crippen molar-refractivity contribution in [3.63, 3.8) is 0 Å². The number of fused-ring (bicyclic) bond motifs is 1. The smallest absolute Gasteiger partial charge is 0.240 e. The van der Waals surface area contributed by atoms with Crippen LogP contribution in [0.5, 0.6) is 0 Å². The van der Waals surface area contributed by atoms with Crippen LogP contribution in [0.1, 0.15) is 19.7 Å². The molecule has 0 aliphatic heterocycles. The molecule has 0 fully saturated rings. The zero-order valence-corrected chi connectivity index (χ0v) is 11.5. The highest BCUT2D eigenvalue weighted by Crippen LogP contribution is 2.18. The van der Waals surface area contributed by atoms with Crippen LogP contribution in [0.25, 0.3) is 22.4 Å². The van der Waals surface area contributed by atoms with Crippen LogP contribution in [-0.4, -0.2) is 21.2 Å². The van der Waals surface area contributed by atoms with Gasteiger partial charge >= 0.3 is 0 Å². The summed E-state index contributed by atoms with van der Waals surface area (Å²) in [7, 11) is 0. The minimum Gasteiger partial charge on any atom is -0.337 e. The van der Waals surface area contributed by atoms with Crippen molar-refractivity contribution in [1.82, 2.24) is 20.4 Å². The van der Waals surface area contributed by atoms with Crippen molar-refractivity contribution < 1.29 is 4.52 Å². The predicted molar refractivity (Wildman–Crippen MR) is 77.0 cm³/mol. The minimum absolute atomic E-state index is 0.379. The van der Waals surface area contributed by atoms with E-state index in [1.54, 1.807) is 0 Å². The third-order valence-electron chi connectivity index (χ3n) is 2.96. The van der Waals surface area contributed by atoms with E-state index >= 15 is 0 Å². The fourth-order valence-electron chi connectivity index (χ4n) is 1.91. The Balaban J connectivity index is 1.87. The molecule has 0 radical (unpaired) electrons. The average molecular weight is 268 g/mol. The molecule has 0 atom stereocenters. The molecule has 2 heterocycles. The third-order valence-corrected chi connectivity index (χ3v) is 2.96. The maximum Gasteiger partial charge on any atom is 0.240 e. The summed E-state index contributed by atoms with van der Waals surface area (Å²) in [4.78, 5) is 8.91. The van der Waals surface area contributed by atoms with Crippen molar-refractivity contribution >= 4 is 10.9 Å². The molecule has 0 spiro atoms. The van der Waals surface area contributed by atoms with Crippen LogP contribution in [0.4, 0.5) is 0 Å². The molecule has 5 nitrogen and oxygen atoms in total. The van der Waals surface area contributed by atoms with E-state index in [1.165, 1.54) is 0 Å². The van der Waals surface area contributed by atoms with Gasteiger partial charge in [-0.2, -0.15) is 4.98 Å². The molecule has 3 aromatic rings. The fraction of sp³-hybridized carbons (Fsp3) is 0.267. The van der Waals surface area contributed by atoms with E-state index < -0.39 is 0 Å². The first-order chi connectivity index (χ1) is 9.72. The monoisotopic (exact) mass is 268 g/mol. The summed E-state index contributed by atoms with van der Waals surface area (Å²) in [5, 5.41) is 8.32. The van der Waals surface area contributed by atoms with Crippen molar-refractivity contribution in [2.45, 2.75) is 26.4 Å². The fourth-order valence-corrected chi connectivity index (χ4v) is 1.91. The molecule has 3 rings (SSSR count). The number of aromatic nitrogens is 3. The maximum absolute atomic E-state index is 5.22. The van der Waals surface area contributed by atoms with Gasteiger partial charge in [0.1, 0.15) is 5.69 Å². The largest absolute Gasteiger partial charge is 0.337 e. The van der Waals surface area contributed by atoms with E-state index in [1.807, 2.05) is 36.4 Å². The predicted octanol–water partition coefficient (Wildman–Crippen LogP) is 2.78. The van der Waals surface area contributed by atoms with Gasteiger partial charge < -0.3 is 9.84 Å². The van der Waals surface area contributed by atoms with E-state index in [9.17, 15) is 0 Å². The Kier molecular flexibility index (Phi) is 3.43. The highest BCUT2D eigenvalue weighted by Gasteiger charge is 2.10. The lowest BCUT2D eigenvalue weighted by atomic mass is 10.2. The summed E-state index contributed by atoms with van der Waals surface area (Å²) in [5.74, 6) is 1.10. The highest BCUT2D eigenvalue weighted by atomic mass is 16.5. The number of pyridine rings is 1. The number of nitrogens with zero attached hydrogens (tertiary/aromatic N) is 3. The first kappa shape index (κ1) is 12.7. The van der Waals surface area contributed by atoms with Gasteiger partial charge in [0.15, 0.2) is 0 Å². The van der Waals surface area contributed by atoms with Crippen molar-refractivity contribution in [2.24, 2.45) is 0 Å². The highest BCUT2D eigenvalue weighted by molar-refractivity contribution is 5.80. The second-order valence-corrected chi connectivity index (χ2v) is 4.94. The minimum atomic E-state index is 0.379. The zero-order valence-electron chi connectivity index (χ0n) is 11.5. The molecule has 2 aromatic heterocycles. The molecule has 0 amide bonds. The lowest BCUT2D eigenvalue weighted by Crippen LogP contribution is -2.21.